The molecule has 8 heteroatoms. The Kier molecular flexibility index (Phi) is 5.62. The highest BCUT2D eigenvalue weighted by Gasteiger charge is 2.09. The molecule has 0 radical (unpaired) electrons. The zero-order valence-corrected chi connectivity index (χ0v) is 15.6. The van der Waals surface area contributed by atoms with Crippen molar-refractivity contribution in [3.8, 4) is 0 Å². The van der Waals surface area contributed by atoms with Gasteiger partial charge in [0.2, 0.25) is 4.96 Å². The van der Waals surface area contributed by atoms with Crippen molar-refractivity contribution in [3.05, 3.63) is 57.0 Å². The van der Waals surface area contributed by atoms with Gasteiger partial charge in [-0.15, -0.1) is 0 Å². The van der Waals surface area contributed by atoms with Crippen molar-refractivity contribution in [2.24, 2.45) is 0 Å². The lowest BCUT2D eigenvalue weighted by Crippen LogP contribution is -2.24. The fraction of sp³-hybridized carbons (Fsp3) is 0.333. The predicted octanol–water partition coefficient (Wildman–Crippen LogP) is 2.47. The first-order valence-electron chi connectivity index (χ1n) is 8.61. The molecule has 0 bridgehead atoms. The minimum atomic E-state index is -0.185. The molecule has 0 saturated heterocycles. The lowest BCUT2D eigenvalue weighted by Gasteiger charge is -2.08. The number of nitrogens with zero attached hydrogens (tertiary/aromatic N) is 3. The lowest BCUT2D eigenvalue weighted by molar-refractivity contribution is 0.0953. The Labute approximate surface area is 155 Å². The van der Waals surface area contributed by atoms with Gasteiger partial charge in [0.05, 0.1) is 12.2 Å². The number of fused-ring (bicyclic) bond motifs is 1. The van der Waals surface area contributed by atoms with Crippen molar-refractivity contribution in [3.63, 3.8) is 0 Å². The third-order valence-electron chi connectivity index (χ3n) is 3.78. The summed E-state index contributed by atoms with van der Waals surface area (Å²) in [6, 6.07) is 8.75. The molecule has 0 saturated carbocycles. The summed E-state index contributed by atoms with van der Waals surface area (Å²) in [5.74, 6) is -0.0926. The van der Waals surface area contributed by atoms with Gasteiger partial charge in [0, 0.05) is 23.9 Å². The molecule has 7 nitrogen and oxygen atoms in total. The second-order valence-corrected chi connectivity index (χ2v) is 6.86. The van der Waals surface area contributed by atoms with Crippen LogP contribution in [0.1, 0.15) is 41.3 Å². The number of amides is 1. The second kappa shape index (κ2) is 8.09. The molecule has 1 amide bonds. The number of benzene rings is 1. The number of nitrogens with one attached hydrogen (secondary N) is 2. The largest absolute Gasteiger partial charge is 0.379 e. The van der Waals surface area contributed by atoms with E-state index >= 15 is 0 Å². The van der Waals surface area contributed by atoms with Crippen LogP contribution in [-0.2, 0) is 13.0 Å². The van der Waals surface area contributed by atoms with Gasteiger partial charge in [-0.2, -0.15) is 9.61 Å². The van der Waals surface area contributed by atoms with Crippen molar-refractivity contribution < 1.29 is 4.79 Å². The normalized spacial score (nSPS) is 10.8. The molecule has 0 atom stereocenters. The van der Waals surface area contributed by atoms with E-state index in [0.717, 1.165) is 23.5 Å². The summed E-state index contributed by atoms with van der Waals surface area (Å²) in [6.07, 6.45) is 1.67. The molecule has 0 spiro atoms. The molecule has 0 aliphatic carbocycles. The molecule has 0 unspecified atom stereocenters. The van der Waals surface area contributed by atoms with E-state index in [4.69, 9.17) is 0 Å². The maximum absolute atomic E-state index is 12.2. The van der Waals surface area contributed by atoms with Crippen LogP contribution in [0.3, 0.4) is 0 Å². The van der Waals surface area contributed by atoms with Crippen LogP contribution in [0.2, 0.25) is 0 Å². The van der Waals surface area contributed by atoms with Crippen LogP contribution in [0.4, 0.5) is 5.69 Å². The van der Waals surface area contributed by atoms with Crippen molar-refractivity contribution in [1.29, 1.82) is 0 Å². The molecule has 0 fully saturated rings. The molecule has 26 heavy (non-hydrogen) atoms. The molecule has 0 aliphatic heterocycles. The summed E-state index contributed by atoms with van der Waals surface area (Å²) in [5.41, 5.74) is 1.86. The van der Waals surface area contributed by atoms with Crippen LogP contribution in [0, 0.1) is 0 Å². The van der Waals surface area contributed by atoms with E-state index in [9.17, 15) is 9.59 Å². The zero-order valence-electron chi connectivity index (χ0n) is 14.8. The minimum absolute atomic E-state index is 0.0926. The summed E-state index contributed by atoms with van der Waals surface area (Å²) >= 11 is 1.42. The van der Waals surface area contributed by atoms with Gasteiger partial charge in [-0.05, 0) is 31.0 Å². The number of carbonyl (C=O) groups is 1. The van der Waals surface area contributed by atoms with Gasteiger partial charge in [-0.25, -0.2) is 4.98 Å². The molecule has 0 aliphatic rings. The van der Waals surface area contributed by atoms with E-state index in [-0.39, 0.29) is 11.5 Å². The number of carbonyl (C=O) groups excluding carboxylic acids is 1. The highest BCUT2D eigenvalue weighted by Crippen LogP contribution is 2.14. The third kappa shape index (κ3) is 4.08. The first-order chi connectivity index (χ1) is 12.6. The third-order valence-corrected chi connectivity index (χ3v) is 4.83. The highest BCUT2D eigenvalue weighted by molar-refractivity contribution is 7.16. The van der Waals surface area contributed by atoms with Gasteiger partial charge >= 0.3 is 0 Å². The van der Waals surface area contributed by atoms with Gasteiger partial charge in [-0.3, -0.25) is 9.59 Å². The Hall–Kier alpha value is -2.74. The van der Waals surface area contributed by atoms with Gasteiger partial charge in [-0.1, -0.05) is 31.3 Å². The smallest absolute Gasteiger partial charge is 0.275 e. The minimum Gasteiger partial charge on any atom is -0.379 e. The Bertz CT molecular complexity index is 979. The monoisotopic (exact) mass is 371 g/mol. The van der Waals surface area contributed by atoms with E-state index in [1.165, 1.54) is 21.9 Å². The lowest BCUT2D eigenvalue weighted by atomic mass is 10.2. The fourth-order valence-corrected chi connectivity index (χ4v) is 3.29. The SMILES string of the molecule is CCCNC(=O)c1cccc(NCc2cc(=O)n3nc(CC)sc3n2)c1. The number of hydrogen-bond acceptors (Lipinski definition) is 6. The van der Waals surface area contributed by atoms with Crippen LogP contribution in [0.25, 0.3) is 4.96 Å². The summed E-state index contributed by atoms with van der Waals surface area (Å²) in [5, 5.41) is 11.2. The maximum atomic E-state index is 12.2. The van der Waals surface area contributed by atoms with Crippen molar-refractivity contribution in [1.82, 2.24) is 19.9 Å². The Morgan fingerprint density at radius 2 is 2.12 bits per heavy atom. The van der Waals surface area contributed by atoms with Gasteiger partial charge in [0.1, 0.15) is 5.01 Å². The summed E-state index contributed by atoms with van der Waals surface area (Å²) in [6.45, 7) is 5.05. The summed E-state index contributed by atoms with van der Waals surface area (Å²) in [7, 11) is 0. The molecule has 3 aromatic rings. The van der Waals surface area contributed by atoms with Gasteiger partial charge in [0.25, 0.3) is 11.5 Å². The topological polar surface area (TPSA) is 88.4 Å². The molecule has 2 N–H and O–H groups in total. The Balaban J connectivity index is 1.73. The quantitative estimate of drug-likeness (QED) is 0.666. The van der Waals surface area contributed by atoms with E-state index in [2.05, 4.69) is 20.7 Å². The van der Waals surface area contributed by atoms with Gasteiger partial charge < -0.3 is 10.6 Å². The zero-order chi connectivity index (χ0) is 18.5. The number of aromatic nitrogens is 3. The van der Waals surface area contributed by atoms with Gasteiger partial charge in [0.15, 0.2) is 0 Å². The van der Waals surface area contributed by atoms with Crippen LogP contribution < -0.4 is 16.2 Å². The predicted molar refractivity (Wildman–Crippen MR) is 103 cm³/mol. The average molecular weight is 371 g/mol. The maximum Gasteiger partial charge on any atom is 0.275 e. The van der Waals surface area contributed by atoms with Crippen molar-refractivity contribution in [2.45, 2.75) is 33.2 Å². The molecule has 3 rings (SSSR count). The summed E-state index contributed by atoms with van der Waals surface area (Å²) < 4.78 is 1.34. The van der Waals surface area contributed by atoms with Crippen molar-refractivity contribution >= 4 is 27.9 Å². The number of rotatable bonds is 7. The molecule has 2 heterocycles. The van der Waals surface area contributed by atoms with Crippen LogP contribution in [0.15, 0.2) is 35.1 Å². The Morgan fingerprint density at radius 1 is 1.27 bits per heavy atom. The van der Waals surface area contributed by atoms with E-state index in [0.29, 0.717) is 29.3 Å². The van der Waals surface area contributed by atoms with E-state index in [1.807, 2.05) is 26.0 Å². The second-order valence-electron chi connectivity index (χ2n) is 5.82. The first-order valence-corrected chi connectivity index (χ1v) is 9.43. The standard InChI is InChI=1S/C18H21N5O2S/c1-3-8-19-17(25)12-6-5-7-13(9-12)20-11-14-10-16(24)23-18(21-14)26-15(4-2)22-23/h5-7,9-10,20H,3-4,8,11H2,1-2H3,(H,19,25). The summed E-state index contributed by atoms with van der Waals surface area (Å²) in [4.78, 5) is 29.3. The average Bonchev–Trinajstić information content (AvgIpc) is 3.08. The number of hydrogen-bond donors (Lipinski definition) is 2. The molecule has 136 valence electrons. The Morgan fingerprint density at radius 3 is 2.88 bits per heavy atom. The van der Waals surface area contributed by atoms with Crippen molar-refractivity contribution in [2.75, 3.05) is 11.9 Å². The van der Waals surface area contributed by atoms with Crippen LogP contribution >= 0.6 is 11.3 Å². The van der Waals surface area contributed by atoms with E-state index < -0.39 is 0 Å². The van der Waals surface area contributed by atoms with E-state index in [1.54, 1.807) is 12.1 Å². The molecular weight excluding hydrogens is 350 g/mol. The molecule has 2 aromatic heterocycles. The first kappa shape index (κ1) is 18.1. The van der Waals surface area contributed by atoms with Crippen LogP contribution in [0.5, 0.6) is 0 Å². The van der Waals surface area contributed by atoms with Crippen LogP contribution in [-0.4, -0.2) is 27.0 Å². The highest BCUT2D eigenvalue weighted by atomic mass is 32.1. The number of anilines is 1. The molecule has 1 aromatic carbocycles. The number of aryl methyl sites for hydroxylation is 1. The fourth-order valence-electron chi connectivity index (χ4n) is 2.43. The molecular formula is C18H21N5O2S.